The highest BCUT2D eigenvalue weighted by Crippen LogP contribution is 2.18. The second kappa shape index (κ2) is 6.79. The zero-order valence-electron chi connectivity index (χ0n) is 12.3. The minimum absolute atomic E-state index is 0.114. The first-order chi connectivity index (χ1) is 10.0. The van der Waals surface area contributed by atoms with Crippen molar-refractivity contribution in [3.05, 3.63) is 53.6 Å². The van der Waals surface area contributed by atoms with Crippen molar-refractivity contribution in [1.82, 2.24) is 0 Å². The van der Waals surface area contributed by atoms with Gasteiger partial charge in [0.2, 0.25) is 5.91 Å². The van der Waals surface area contributed by atoms with Crippen molar-refractivity contribution >= 4 is 17.3 Å². The van der Waals surface area contributed by atoms with Crippen molar-refractivity contribution < 1.29 is 9.53 Å². The van der Waals surface area contributed by atoms with Crippen molar-refractivity contribution in [3.8, 4) is 5.75 Å². The first kappa shape index (κ1) is 14.9. The Morgan fingerprint density at radius 1 is 1.14 bits per heavy atom. The molecule has 0 saturated heterocycles. The van der Waals surface area contributed by atoms with Crippen LogP contribution in [0.1, 0.15) is 17.5 Å². The van der Waals surface area contributed by atoms with E-state index in [1.165, 1.54) is 0 Å². The zero-order chi connectivity index (χ0) is 15.2. The van der Waals surface area contributed by atoms with Gasteiger partial charge >= 0.3 is 0 Å². The van der Waals surface area contributed by atoms with Crippen molar-refractivity contribution in [2.45, 2.75) is 20.3 Å². The minimum atomic E-state index is -0.114. The molecule has 0 aliphatic heterocycles. The van der Waals surface area contributed by atoms with E-state index in [2.05, 4.69) is 11.4 Å². The largest absolute Gasteiger partial charge is 0.493 e. The number of amides is 1. The molecule has 4 heteroatoms. The summed E-state index contributed by atoms with van der Waals surface area (Å²) < 4.78 is 5.61. The summed E-state index contributed by atoms with van der Waals surface area (Å²) in [5, 5.41) is 2.78. The standard InChI is InChI=1S/C17H20N2O2/c1-12-9-13(2)11-14(10-12)21-8-7-17(20)19-16-6-4-3-5-15(16)18/h3-6,9-11H,7-8,18H2,1-2H3,(H,19,20). The maximum atomic E-state index is 11.8. The molecule has 1 amide bonds. The number of anilines is 2. The van der Waals surface area contributed by atoms with Crippen LogP contribution in [0.3, 0.4) is 0 Å². The lowest BCUT2D eigenvalue weighted by molar-refractivity contribution is -0.116. The number of para-hydroxylation sites is 2. The van der Waals surface area contributed by atoms with Gasteiger partial charge in [-0.1, -0.05) is 18.2 Å². The van der Waals surface area contributed by atoms with Crippen LogP contribution < -0.4 is 15.8 Å². The third kappa shape index (κ3) is 4.53. The lowest BCUT2D eigenvalue weighted by Crippen LogP contribution is -2.16. The molecule has 0 spiro atoms. The molecule has 21 heavy (non-hydrogen) atoms. The van der Waals surface area contributed by atoms with Gasteiger partial charge in [-0.25, -0.2) is 0 Å². The van der Waals surface area contributed by atoms with E-state index in [4.69, 9.17) is 10.5 Å². The molecule has 0 fully saturated rings. The summed E-state index contributed by atoms with van der Waals surface area (Å²) >= 11 is 0. The summed E-state index contributed by atoms with van der Waals surface area (Å²) in [6.45, 7) is 4.37. The van der Waals surface area contributed by atoms with Crippen LogP contribution in [-0.2, 0) is 4.79 Å². The molecule has 4 nitrogen and oxygen atoms in total. The van der Waals surface area contributed by atoms with Gasteiger partial charge in [-0.2, -0.15) is 0 Å². The number of nitrogen functional groups attached to an aromatic ring is 1. The molecule has 0 aliphatic rings. The molecule has 0 bridgehead atoms. The molecule has 0 aromatic heterocycles. The molecule has 2 aromatic rings. The van der Waals surface area contributed by atoms with Crippen LogP contribution in [0.4, 0.5) is 11.4 Å². The molecule has 0 saturated carbocycles. The van der Waals surface area contributed by atoms with Crippen LogP contribution >= 0.6 is 0 Å². The predicted octanol–water partition coefficient (Wildman–Crippen LogP) is 3.29. The molecule has 0 unspecified atom stereocenters. The number of carbonyl (C=O) groups excluding carboxylic acids is 1. The molecular weight excluding hydrogens is 264 g/mol. The van der Waals surface area contributed by atoms with E-state index in [0.29, 0.717) is 18.0 Å². The van der Waals surface area contributed by atoms with E-state index in [9.17, 15) is 4.79 Å². The van der Waals surface area contributed by atoms with Crippen LogP contribution in [0.5, 0.6) is 5.75 Å². The Bertz CT molecular complexity index is 618. The van der Waals surface area contributed by atoms with Gasteiger partial charge in [0.25, 0.3) is 0 Å². The van der Waals surface area contributed by atoms with Gasteiger partial charge < -0.3 is 15.8 Å². The topological polar surface area (TPSA) is 64.3 Å². The van der Waals surface area contributed by atoms with Gasteiger partial charge in [0, 0.05) is 0 Å². The van der Waals surface area contributed by atoms with E-state index in [-0.39, 0.29) is 12.3 Å². The van der Waals surface area contributed by atoms with Crippen molar-refractivity contribution in [3.63, 3.8) is 0 Å². The SMILES string of the molecule is Cc1cc(C)cc(OCCC(=O)Nc2ccccc2N)c1. The molecule has 3 N–H and O–H groups in total. The zero-order valence-corrected chi connectivity index (χ0v) is 12.3. The number of hydrogen-bond acceptors (Lipinski definition) is 3. The monoisotopic (exact) mass is 284 g/mol. The number of benzene rings is 2. The lowest BCUT2D eigenvalue weighted by atomic mass is 10.1. The quantitative estimate of drug-likeness (QED) is 0.828. The van der Waals surface area contributed by atoms with Gasteiger partial charge in [-0.05, 0) is 49.2 Å². The highest BCUT2D eigenvalue weighted by Gasteiger charge is 2.05. The normalized spacial score (nSPS) is 10.2. The Hall–Kier alpha value is -2.49. The summed E-state index contributed by atoms with van der Waals surface area (Å²) in [5.74, 6) is 0.678. The van der Waals surface area contributed by atoms with Gasteiger partial charge in [0.15, 0.2) is 0 Å². The summed E-state index contributed by atoms with van der Waals surface area (Å²) in [6.07, 6.45) is 0.279. The second-order valence-electron chi connectivity index (χ2n) is 5.06. The highest BCUT2D eigenvalue weighted by atomic mass is 16.5. The molecule has 0 atom stereocenters. The molecule has 0 heterocycles. The summed E-state index contributed by atoms with van der Waals surface area (Å²) in [6, 6.07) is 13.2. The number of nitrogens with two attached hydrogens (primary N) is 1. The van der Waals surface area contributed by atoms with Gasteiger partial charge in [0.05, 0.1) is 24.4 Å². The predicted molar refractivity (Wildman–Crippen MR) is 85.5 cm³/mol. The number of rotatable bonds is 5. The fourth-order valence-electron chi connectivity index (χ4n) is 2.10. The van der Waals surface area contributed by atoms with Crippen LogP contribution in [0.25, 0.3) is 0 Å². The highest BCUT2D eigenvalue weighted by molar-refractivity contribution is 5.93. The van der Waals surface area contributed by atoms with Gasteiger partial charge in [-0.3, -0.25) is 4.79 Å². The number of ether oxygens (including phenoxy) is 1. The maximum Gasteiger partial charge on any atom is 0.227 e. The van der Waals surface area contributed by atoms with E-state index in [1.807, 2.05) is 38.1 Å². The Kier molecular flexibility index (Phi) is 4.82. The van der Waals surface area contributed by atoms with Crippen LogP contribution in [0, 0.1) is 13.8 Å². The van der Waals surface area contributed by atoms with Crippen molar-refractivity contribution in [2.24, 2.45) is 0 Å². The molecular formula is C17H20N2O2. The van der Waals surface area contributed by atoms with Gasteiger partial charge in [0.1, 0.15) is 5.75 Å². The fourth-order valence-corrected chi connectivity index (χ4v) is 2.10. The number of aryl methyl sites for hydroxylation is 2. The number of hydrogen-bond donors (Lipinski definition) is 2. The van der Waals surface area contributed by atoms with E-state index < -0.39 is 0 Å². The molecule has 2 aromatic carbocycles. The van der Waals surface area contributed by atoms with E-state index in [0.717, 1.165) is 16.9 Å². The molecule has 2 rings (SSSR count). The maximum absolute atomic E-state index is 11.8. The first-order valence-electron chi connectivity index (χ1n) is 6.90. The third-order valence-electron chi connectivity index (χ3n) is 3.03. The molecule has 0 aliphatic carbocycles. The van der Waals surface area contributed by atoms with E-state index in [1.54, 1.807) is 12.1 Å². The van der Waals surface area contributed by atoms with Crippen molar-refractivity contribution in [2.75, 3.05) is 17.7 Å². The smallest absolute Gasteiger partial charge is 0.227 e. The number of nitrogens with one attached hydrogen (secondary N) is 1. The molecule has 0 radical (unpaired) electrons. The van der Waals surface area contributed by atoms with Gasteiger partial charge in [-0.15, -0.1) is 0 Å². The van der Waals surface area contributed by atoms with Crippen molar-refractivity contribution in [1.29, 1.82) is 0 Å². The summed E-state index contributed by atoms with van der Waals surface area (Å²) in [4.78, 5) is 11.8. The first-order valence-corrected chi connectivity index (χ1v) is 6.90. The summed E-state index contributed by atoms with van der Waals surface area (Å²) in [7, 11) is 0. The Labute approximate surface area is 124 Å². The van der Waals surface area contributed by atoms with Crippen LogP contribution in [0.15, 0.2) is 42.5 Å². The Balaban J connectivity index is 1.83. The Morgan fingerprint density at radius 2 is 1.81 bits per heavy atom. The number of carbonyl (C=O) groups is 1. The second-order valence-corrected chi connectivity index (χ2v) is 5.06. The lowest BCUT2D eigenvalue weighted by Gasteiger charge is -2.10. The average Bonchev–Trinajstić information content (AvgIpc) is 2.40. The third-order valence-corrected chi connectivity index (χ3v) is 3.03. The van der Waals surface area contributed by atoms with Crippen LogP contribution in [0.2, 0.25) is 0 Å². The minimum Gasteiger partial charge on any atom is -0.493 e. The van der Waals surface area contributed by atoms with E-state index >= 15 is 0 Å². The average molecular weight is 284 g/mol. The molecule has 110 valence electrons. The summed E-state index contributed by atoms with van der Waals surface area (Å²) in [5.41, 5.74) is 9.26. The fraction of sp³-hybridized carbons (Fsp3) is 0.235. The van der Waals surface area contributed by atoms with Crippen LogP contribution in [-0.4, -0.2) is 12.5 Å². The Morgan fingerprint density at radius 3 is 2.48 bits per heavy atom.